The molecule has 1 aromatic rings. The number of ketones is 1. The summed E-state index contributed by atoms with van der Waals surface area (Å²) in [6.07, 6.45) is -3.03. The number of halogens is 3. The van der Waals surface area contributed by atoms with Crippen molar-refractivity contribution in [2.24, 2.45) is 10.2 Å². The maximum Gasteiger partial charge on any atom is 0.416 e. The van der Waals surface area contributed by atoms with Crippen molar-refractivity contribution in [1.82, 2.24) is 5.32 Å². The topological polar surface area (TPSA) is 53.8 Å². The van der Waals surface area contributed by atoms with Gasteiger partial charge in [-0.25, -0.2) is 0 Å². The molecule has 4 rings (SSSR count). The third-order valence-corrected chi connectivity index (χ3v) is 5.29. The molecular weight excluding hydrogens is 331 g/mol. The van der Waals surface area contributed by atoms with Crippen LogP contribution in [0.2, 0.25) is 0 Å². The zero-order chi connectivity index (χ0) is 17.8. The smallest absolute Gasteiger partial charge is 0.342 e. The third-order valence-electron chi connectivity index (χ3n) is 5.29. The minimum absolute atomic E-state index is 0.0137. The lowest BCUT2D eigenvalue weighted by atomic mass is 9.64. The van der Waals surface area contributed by atoms with Crippen molar-refractivity contribution in [2.75, 3.05) is 6.54 Å². The molecule has 0 radical (unpaired) electrons. The highest BCUT2D eigenvalue weighted by Crippen LogP contribution is 2.52. The summed E-state index contributed by atoms with van der Waals surface area (Å²) >= 11 is 0. The second-order valence-electron chi connectivity index (χ2n) is 6.47. The van der Waals surface area contributed by atoms with Crippen LogP contribution < -0.4 is 5.32 Å². The summed E-state index contributed by atoms with van der Waals surface area (Å²) in [6, 6.07) is 5.29. The van der Waals surface area contributed by atoms with Gasteiger partial charge in [0.1, 0.15) is 0 Å². The number of dihydropyridines is 1. The van der Waals surface area contributed by atoms with Crippen LogP contribution in [0.15, 0.2) is 57.2 Å². The maximum absolute atomic E-state index is 13.2. The van der Waals surface area contributed by atoms with E-state index in [1.165, 1.54) is 6.07 Å². The van der Waals surface area contributed by atoms with Gasteiger partial charge in [-0.05, 0) is 24.5 Å². The molecule has 0 fully saturated rings. The molecule has 1 aromatic carbocycles. The number of hydrogen-bond acceptors (Lipinski definition) is 4. The quantitative estimate of drug-likeness (QED) is 0.869. The summed E-state index contributed by atoms with van der Waals surface area (Å²) in [7, 11) is 0. The summed E-state index contributed by atoms with van der Waals surface area (Å²) in [5.74, 6) is 0.563. The number of hydrogen-bond donors (Lipinski definition) is 1. The van der Waals surface area contributed by atoms with Crippen LogP contribution in [0.5, 0.6) is 0 Å². The fourth-order valence-corrected chi connectivity index (χ4v) is 4.19. The number of Topliss-reactive ketones (excluding diaryl/α,β-unsaturated/α-hetero) is 1. The lowest BCUT2D eigenvalue weighted by molar-refractivity contribution is -0.137. The Morgan fingerprint density at radius 3 is 2.80 bits per heavy atom. The van der Waals surface area contributed by atoms with Crippen LogP contribution in [0, 0.1) is 0 Å². The van der Waals surface area contributed by atoms with Crippen LogP contribution in [0.4, 0.5) is 13.2 Å². The number of carbonyl (C=O) groups is 1. The van der Waals surface area contributed by atoms with Gasteiger partial charge in [0, 0.05) is 23.3 Å². The van der Waals surface area contributed by atoms with E-state index in [-0.39, 0.29) is 12.3 Å². The number of rotatable bonds is 2. The molecule has 130 valence electrons. The highest BCUT2D eigenvalue weighted by molar-refractivity contribution is 6.02. The van der Waals surface area contributed by atoms with Gasteiger partial charge in [-0.15, -0.1) is 5.11 Å². The first-order valence-electron chi connectivity index (χ1n) is 8.20. The Balaban J connectivity index is 1.97. The molecule has 25 heavy (non-hydrogen) atoms. The molecule has 0 bridgehead atoms. The largest absolute Gasteiger partial charge is 0.416 e. The number of alkyl halides is 3. The van der Waals surface area contributed by atoms with Gasteiger partial charge >= 0.3 is 6.18 Å². The lowest BCUT2D eigenvalue weighted by Gasteiger charge is -2.39. The molecule has 2 heterocycles. The normalized spacial score (nSPS) is 25.4. The summed E-state index contributed by atoms with van der Waals surface area (Å²) in [5.41, 5.74) is 1.01. The fraction of sp³-hybridized carbons (Fsp3) is 0.389. The van der Waals surface area contributed by atoms with Crippen LogP contribution in [-0.4, -0.2) is 12.3 Å². The summed E-state index contributed by atoms with van der Waals surface area (Å²) in [4.78, 5) is 12.6. The molecule has 0 unspecified atom stereocenters. The van der Waals surface area contributed by atoms with Gasteiger partial charge in [0.25, 0.3) is 0 Å². The molecule has 0 amide bonds. The van der Waals surface area contributed by atoms with E-state index in [2.05, 4.69) is 15.5 Å². The predicted molar refractivity (Wildman–Crippen MR) is 84.6 cm³/mol. The zero-order valence-corrected chi connectivity index (χ0v) is 13.6. The van der Waals surface area contributed by atoms with Crippen molar-refractivity contribution in [1.29, 1.82) is 0 Å². The first-order valence-corrected chi connectivity index (χ1v) is 8.20. The maximum atomic E-state index is 13.2. The Labute approximate surface area is 142 Å². The standard InChI is InChI=1S/C18H16F3N3O/c1-2-17(10-4-3-5-11(8-10)18(19,20)21)12-9-22-24-16(12)23-13-6-7-14(25)15(13)17/h3-5,8,23H,2,6-7,9H2,1H3/t17-/m1/s1. The Morgan fingerprint density at radius 2 is 2.08 bits per heavy atom. The monoisotopic (exact) mass is 347 g/mol. The number of nitrogens with one attached hydrogen (secondary N) is 1. The molecule has 0 saturated carbocycles. The van der Waals surface area contributed by atoms with Gasteiger partial charge in [-0.3, -0.25) is 4.79 Å². The van der Waals surface area contributed by atoms with Crippen LogP contribution in [0.1, 0.15) is 37.3 Å². The highest BCUT2D eigenvalue weighted by atomic mass is 19.4. The predicted octanol–water partition coefficient (Wildman–Crippen LogP) is 4.25. The first kappa shape index (κ1) is 16.1. The molecule has 1 N–H and O–H groups in total. The number of allylic oxidation sites excluding steroid dienone is 2. The Bertz CT molecular complexity index is 867. The van der Waals surface area contributed by atoms with Gasteiger partial charge in [-0.1, -0.05) is 25.1 Å². The average Bonchev–Trinajstić information content (AvgIpc) is 3.20. The van der Waals surface area contributed by atoms with E-state index < -0.39 is 17.2 Å². The molecule has 0 aromatic heterocycles. The minimum Gasteiger partial charge on any atom is -0.342 e. The summed E-state index contributed by atoms with van der Waals surface area (Å²) < 4.78 is 39.7. The van der Waals surface area contributed by atoms with E-state index in [4.69, 9.17) is 0 Å². The second kappa shape index (κ2) is 5.28. The number of benzene rings is 1. The zero-order valence-electron chi connectivity index (χ0n) is 13.6. The van der Waals surface area contributed by atoms with E-state index in [0.29, 0.717) is 36.2 Å². The number of azo groups is 1. The van der Waals surface area contributed by atoms with Crippen molar-refractivity contribution >= 4 is 5.78 Å². The Hall–Kier alpha value is -2.44. The SMILES string of the molecule is CC[C@@]1(c2cccc(C(F)(F)F)c2)C2=C(N=NC2)NC2=C1C(=O)CC2. The van der Waals surface area contributed by atoms with Crippen LogP contribution >= 0.6 is 0 Å². The molecule has 1 atom stereocenters. The van der Waals surface area contributed by atoms with Crippen LogP contribution in [0.3, 0.4) is 0 Å². The van der Waals surface area contributed by atoms with Gasteiger partial charge < -0.3 is 5.32 Å². The Kier molecular flexibility index (Phi) is 3.39. The lowest BCUT2D eigenvalue weighted by Crippen LogP contribution is -2.40. The molecule has 4 nitrogen and oxygen atoms in total. The number of carbonyl (C=O) groups excluding carboxylic acids is 1. The van der Waals surface area contributed by atoms with Gasteiger partial charge in [0.05, 0.1) is 17.5 Å². The van der Waals surface area contributed by atoms with Crippen LogP contribution in [-0.2, 0) is 16.4 Å². The molecular formula is C18H16F3N3O. The molecule has 0 spiro atoms. The van der Waals surface area contributed by atoms with Crippen LogP contribution in [0.25, 0.3) is 0 Å². The third kappa shape index (κ3) is 2.18. The number of nitrogens with zero attached hydrogens (tertiary/aromatic N) is 2. The van der Waals surface area contributed by atoms with E-state index in [0.717, 1.165) is 23.4 Å². The molecule has 1 aliphatic carbocycles. The summed E-state index contributed by atoms with van der Waals surface area (Å²) in [6.45, 7) is 2.18. The van der Waals surface area contributed by atoms with E-state index >= 15 is 0 Å². The molecule has 3 aliphatic rings. The van der Waals surface area contributed by atoms with Crippen molar-refractivity contribution in [3.63, 3.8) is 0 Å². The van der Waals surface area contributed by atoms with Crippen molar-refractivity contribution in [2.45, 2.75) is 37.8 Å². The van der Waals surface area contributed by atoms with E-state index in [9.17, 15) is 18.0 Å². The highest BCUT2D eigenvalue weighted by Gasteiger charge is 2.50. The van der Waals surface area contributed by atoms with E-state index in [1.54, 1.807) is 6.07 Å². The molecule has 0 saturated heterocycles. The second-order valence-corrected chi connectivity index (χ2v) is 6.47. The van der Waals surface area contributed by atoms with Crippen molar-refractivity contribution in [3.8, 4) is 0 Å². The fourth-order valence-electron chi connectivity index (χ4n) is 4.19. The van der Waals surface area contributed by atoms with Crippen molar-refractivity contribution < 1.29 is 18.0 Å². The van der Waals surface area contributed by atoms with Gasteiger partial charge in [0.2, 0.25) is 0 Å². The average molecular weight is 347 g/mol. The van der Waals surface area contributed by atoms with E-state index in [1.807, 2.05) is 6.92 Å². The first-order chi connectivity index (χ1) is 11.9. The Morgan fingerprint density at radius 1 is 1.28 bits per heavy atom. The molecule has 7 heteroatoms. The van der Waals surface area contributed by atoms with Gasteiger partial charge in [0.15, 0.2) is 11.6 Å². The summed E-state index contributed by atoms with van der Waals surface area (Å²) in [5, 5.41) is 11.3. The van der Waals surface area contributed by atoms with Crippen molar-refractivity contribution in [3.05, 3.63) is 58.1 Å². The van der Waals surface area contributed by atoms with Gasteiger partial charge in [-0.2, -0.15) is 18.3 Å². The minimum atomic E-state index is -4.43. The molecule has 2 aliphatic heterocycles.